The van der Waals surface area contributed by atoms with E-state index in [0.717, 1.165) is 16.8 Å². The molecule has 2 heterocycles. The smallest absolute Gasteiger partial charge is 0.382 e. The number of carbonyl (C=O) groups is 1. The van der Waals surface area contributed by atoms with Crippen molar-refractivity contribution in [1.29, 1.82) is 5.26 Å². The summed E-state index contributed by atoms with van der Waals surface area (Å²) in [5, 5.41) is 15.0. The molecule has 0 aromatic carbocycles. The maximum absolute atomic E-state index is 12.8. The Balaban J connectivity index is 1.64. The number of amides is 1. The molecule has 6 nitrogen and oxygen atoms in total. The molecule has 0 aliphatic heterocycles. The fraction of sp³-hybridized carbons (Fsp3) is 0.423. The lowest BCUT2D eigenvalue weighted by Crippen LogP contribution is -2.37. The molecule has 2 N–H and O–H groups in total. The number of allylic oxidation sites excluding steroid dienone is 3. The lowest BCUT2D eigenvalue weighted by atomic mass is 9.79. The van der Waals surface area contributed by atoms with Crippen molar-refractivity contribution in [3.8, 4) is 6.07 Å². The summed E-state index contributed by atoms with van der Waals surface area (Å²) >= 11 is 0. The van der Waals surface area contributed by atoms with Crippen LogP contribution in [0.2, 0.25) is 0 Å². The predicted octanol–water partition coefficient (Wildman–Crippen LogP) is 5.51. The van der Waals surface area contributed by atoms with E-state index in [-0.39, 0.29) is 24.3 Å². The van der Waals surface area contributed by atoms with E-state index in [2.05, 4.69) is 21.7 Å². The fourth-order valence-corrected chi connectivity index (χ4v) is 4.42. The number of rotatable bonds is 7. The molecule has 2 aromatic rings. The molecule has 1 saturated carbocycles. The van der Waals surface area contributed by atoms with Crippen LogP contribution >= 0.6 is 0 Å². The number of alkyl halides is 3. The number of hydrogen-bond donors (Lipinski definition) is 2. The van der Waals surface area contributed by atoms with Gasteiger partial charge in [0.1, 0.15) is 5.54 Å². The number of carbonyl (C=O) groups excluding carboxylic acids is 1. The molecule has 2 atom stereocenters. The van der Waals surface area contributed by atoms with E-state index in [1.165, 1.54) is 0 Å². The van der Waals surface area contributed by atoms with E-state index >= 15 is 0 Å². The van der Waals surface area contributed by atoms with Gasteiger partial charge in [-0.1, -0.05) is 36.8 Å². The molecule has 2 aliphatic carbocycles. The van der Waals surface area contributed by atoms with Crippen molar-refractivity contribution in [3.63, 3.8) is 0 Å². The lowest BCUT2D eigenvalue weighted by Gasteiger charge is -2.27. The first kappa shape index (κ1) is 24.6. The van der Waals surface area contributed by atoms with E-state index in [1.807, 2.05) is 49.6 Å². The van der Waals surface area contributed by atoms with Gasteiger partial charge in [0.05, 0.1) is 18.2 Å². The third-order valence-corrected chi connectivity index (χ3v) is 6.76. The second kappa shape index (κ2) is 9.25. The molecular weight excluding hydrogens is 455 g/mol. The van der Waals surface area contributed by atoms with E-state index in [9.17, 15) is 23.2 Å². The van der Waals surface area contributed by atoms with E-state index in [4.69, 9.17) is 0 Å². The molecule has 0 bridgehead atoms. The monoisotopic (exact) mass is 483 g/mol. The number of imidazole rings is 1. The number of nitriles is 1. The summed E-state index contributed by atoms with van der Waals surface area (Å²) in [5.74, 6) is -0.353. The SMILES string of the molecule is C/C=C/c1cc(NCCC(F)(F)F)c2ncc(C3C=CC(C(=O)NC4(C#N)CC4)=C(C)C3C)n2c1. The first-order chi connectivity index (χ1) is 16.6. The number of pyridine rings is 1. The van der Waals surface area contributed by atoms with Crippen LogP contribution in [0.25, 0.3) is 11.7 Å². The van der Waals surface area contributed by atoms with Crippen molar-refractivity contribution in [1.82, 2.24) is 14.7 Å². The van der Waals surface area contributed by atoms with Gasteiger partial charge in [0.25, 0.3) is 5.91 Å². The molecule has 9 heteroatoms. The van der Waals surface area contributed by atoms with Gasteiger partial charge in [-0.3, -0.25) is 4.79 Å². The molecule has 2 aromatic heterocycles. The minimum Gasteiger partial charge on any atom is -0.382 e. The van der Waals surface area contributed by atoms with Gasteiger partial charge in [0.2, 0.25) is 0 Å². The first-order valence-corrected chi connectivity index (χ1v) is 11.6. The Hall–Kier alpha value is -3.54. The van der Waals surface area contributed by atoms with Crippen LogP contribution in [0.1, 0.15) is 57.2 Å². The zero-order chi connectivity index (χ0) is 25.4. The van der Waals surface area contributed by atoms with E-state index in [0.29, 0.717) is 29.7 Å². The number of hydrogen-bond acceptors (Lipinski definition) is 4. The van der Waals surface area contributed by atoms with Crippen molar-refractivity contribution in [2.24, 2.45) is 5.92 Å². The standard InChI is InChI=1S/C26H28F3N5O/c1-4-5-18-12-21(31-11-10-26(27,28)29)23-32-13-22(34(23)14-18)19-6-7-20(17(3)16(19)2)24(35)33-25(15-30)8-9-25/h4-7,12-14,16,19,31H,8-11H2,1-3H3,(H,33,35)/b5-4+. The number of fused-ring (bicyclic) bond motifs is 1. The molecule has 0 spiro atoms. The van der Waals surface area contributed by atoms with Gasteiger partial charge in [0, 0.05) is 36.1 Å². The van der Waals surface area contributed by atoms with Crippen molar-refractivity contribution < 1.29 is 18.0 Å². The topological polar surface area (TPSA) is 82.2 Å². The van der Waals surface area contributed by atoms with Crippen molar-refractivity contribution in [2.75, 3.05) is 11.9 Å². The maximum atomic E-state index is 12.8. The van der Waals surface area contributed by atoms with Crippen LogP contribution in [0.15, 0.2) is 47.8 Å². The Morgan fingerprint density at radius 1 is 1.40 bits per heavy atom. The summed E-state index contributed by atoms with van der Waals surface area (Å²) in [4.78, 5) is 17.3. The van der Waals surface area contributed by atoms with Gasteiger partial charge in [-0.25, -0.2) is 4.98 Å². The van der Waals surface area contributed by atoms with E-state index in [1.54, 1.807) is 18.3 Å². The summed E-state index contributed by atoms with van der Waals surface area (Å²) in [5.41, 5.74) is 3.52. The normalized spacial score (nSPS) is 21.4. The number of nitrogens with one attached hydrogen (secondary N) is 2. The Kier molecular flexibility index (Phi) is 6.50. The Labute approximate surface area is 202 Å². The quantitative estimate of drug-likeness (QED) is 0.544. The summed E-state index contributed by atoms with van der Waals surface area (Å²) in [7, 11) is 0. The van der Waals surface area contributed by atoms with Gasteiger partial charge in [-0.2, -0.15) is 18.4 Å². The van der Waals surface area contributed by atoms with Crippen molar-refractivity contribution in [2.45, 2.75) is 57.7 Å². The molecule has 184 valence electrons. The van der Waals surface area contributed by atoms with E-state index < -0.39 is 18.1 Å². The highest BCUT2D eigenvalue weighted by molar-refractivity contribution is 5.98. The zero-order valence-corrected chi connectivity index (χ0v) is 19.9. The van der Waals surface area contributed by atoms with Gasteiger partial charge in [-0.15, -0.1) is 0 Å². The van der Waals surface area contributed by atoms with Crippen molar-refractivity contribution in [3.05, 3.63) is 59.1 Å². The third-order valence-electron chi connectivity index (χ3n) is 6.76. The summed E-state index contributed by atoms with van der Waals surface area (Å²) < 4.78 is 39.9. The largest absolute Gasteiger partial charge is 0.390 e. The molecule has 1 amide bonds. The van der Waals surface area contributed by atoms with Crippen LogP contribution in [0.4, 0.5) is 18.9 Å². The highest BCUT2D eigenvalue weighted by atomic mass is 19.4. The molecule has 0 saturated heterocycles. The zero-order valence-electron chi connectivity index (χ0n) is 19.9. The number of halogens is 3. The summed E-state index contributed by atoms with van der Waals surface area (Å²) in [6.45, 7) is 5.58. The Morgan fingerprint density at radius 3 is 2.77 bits per heavy atom. The third kappa shape index (κ3) is 5.11. The average molecular weight is 484 g/mol. The Morgan fingerprint density at radius 2 is 2.14 bits per heavy atom. The molecule has 35 heavy (non-hydrogen) atoms. The van der Waals surface area contributed by atoms with Crippen LogP contribution in [0.3, 0.4) is 0 Å². The molecular formula is C26H28F3N5O. The number of nitrogens with zero attached hydrogens (tertiary/aromatic N) is 3. The minimum atomic E-state index is -4.24. The fourth-order valence-electron chi connectivity index (χ4n) is 4.42. The van der Waals surface area contributed by atoms with Crippen LogP contribution in [0, 0.1) is 17.2 Å². The first-order valence-electron chi connectivity index (χ1n) is 11.6. The van der Waals surface area contributed by atoms with Gasteiger partial charge < -0.3 is 15.0 Å². The van der Waals surface area contributed by atoms with Crippen molar-refractivity contribution >= 4 is 23.3 Å². The van der Waals surface area contributed by atoms with Crippen LogP contribution in [0.5, 0.6) is 0 Å². The van der Waals surface area contributed by atoms with Crippen LogP contribution in [-0.4, -0.2) is 33.6 Å². The second-order valence-corrected chi connectivity index (χ2v) is 9.27. The van der Waals surface area contributed by atoms with Gasteiger partial charge in [0.15, 0.2) is 5.65 Å². The average Bonchev–Trinajstić information content (AvgIpc) is 3.44. The highest BCUT2D eigenvalue weighted by Gasteiger charge is 2.45. The van der Waals surface area contributed by atoms with Crippen LogP contribution in [-0.2, 0) is 4.79 Å². The number of aromatic nitrogens is 2. The summed E-state index contributed by atoms with van der Waals surface area (Å²) in [6.07, 6.45) is 7.31. The second-order valence-electron chi connectivity index (χ2n) is 9.27. The summed E-state index contributed by atoms with van der Waals surface area (Å²) in [6, 6.07) is 3.97. The highest BCUT2D eigenvalue weighted by Crippen LogP contribution is 2.39. The minimum absolute atomic E-state index is 0.0232. The molecule has 2 unspecified atom stereocenters. The predicted molar refractivity (Wildman–Crippen MR) is 129 cm³/mol. The molecule has 2 aliphatic rings. The molecule has 4 rings (SSSR count). The number of anilines is 1. The van der Waals surface area contributed by atoms with Crippen LogP contribution < -0.4 is 10.6 Å². The molecule has 1 fully saturated rings. The lowest BCUT2D eigenvalue weighted by molar-refractivity contribution is -0.131. The maximum Gasteiger partial charge on any atom is 0.390 e. The van der Waals surface area contributed by atoms with Gasteiger partial charge >= 0.3 is 6.18 Å². The van der Waals surface area contributed by atoms with Gasteiger partial charge in [-0.05, 0) is 44.2 Å². The molecule has 0 radical (unpaired) electrons. The Bertz CT molecular complexity index is 1270.